The zero-order valence-electron chi connectivity index (χ0n) is 16.5. The summed E-state index contributed by atoms with van der Waals surface area (Å²) in [5, 5.41) is 3.22. The summed E-state index contributed by atoms with van der Waals surface area (Å²) < 4.78 is 13.1. The maximum atomic E-state index is 13.1. The Morgan fingerprint density at radius 3 is 2.43 bits per heavy atom. The Morgan fingerprint density at radius 2 is 1.86 bits per heavy atom. The number of amides is 1. The third-order valence-corrected chi connectivity index (χ3v) is 4.55. The fraction of sp³-hybridized carbons (Fsp3) is 0.333. The number of hydrogen-bond donors (Lipinski definition) is 2. The minimum Gasteiger partial charge on any atom is -0.369 e. The smallest absolute Gasteiger partial charge is 0.222 e. The van der Waals surface area contributed by atoms with Crippen LogP contribution < -0.4 is 11.1 Å². The summed E-state index contributed by atoms with van der Waals surface area (Å²) in [5.74, 6) is -0.433. The van der Waals surface area contributed by atoms with Crippen molar-refractivity contribution in [3.63, 3.8) is 0 Å². The molecule has 1 atom stereocenters. The number of hydrogen-bond acceptors (Lipinski definition) is 2. The molecule has 0 spiro atoms. The van der Waals surface area contributed by atoms with Gasteiger partial charge in [0.1, 0.15) is 5.82 Å². The molecule has 0 aliphatic rings. The average molecular weight is 498 g/mol. The van der Waals surface area contributed by atoms with Gasteiger partial charge in [0, 0.05) is 27.2 Å². The van der Waals surface area contributed by atoms with Gasteiger partial charge in [-0.05, 0) is 42.2 Å². The lowest BCUT2D eigenvalue weighted by Crippen LogP contribution is -2.43. The van der Waals surface area contributed by atoms with Crippen LogP contribution in [0.5, 0.6) is 0 Å². The number of halogens is 2. The Bertz CT molecular complexity index is 795. The summed E-state index contributed by atoms with van der Waals surface area (Å²) in [6.07, 6.45) is 0.446. The molecule has 0 aromatic heterocycles. The zero-order valence-corrected chi connectivity index (χ0v) is 18.8. The number of guanidine groups is 1. The van der Waals surface area contributed by atoms with Crippen LogP contribution in [0.1, 0.15) is 16.7 Å². The van der Waals surface area contributed by atoms with Gasteiger partial charge in [0.2, 0.25) is 5.91 Å². The Labute approximate surface area is 183 Å². The molecule has 0 heterocycles. The van der Waals surface area contributed by atoms with Crippen molar-refractivity contribution in [1.29, 1.82) is 0 Å². The molecule has 2 aromatic rings. The summed E-state index contributed by atoms with van der Waals surface area (Å²) in [6, 6.07) is 14.3. The van der Waals surface area contributed by atoms with E-state index in [1.165, 1.54) is 23.3 Å². The van der Waals surface area contributed by atoms with E-state index in [4.69, 9.17) is 5.73 Å². The maximum absolute atomic E-state index is 13.1. The van der Waals surface area contributed by atoms with Crippen molar-refractivity contribution in [2.75, 3.05) is 20.6 Å². The molecule has 0 aliphatic heterocycles. The predicted octanol–water partition coefficient (Wildman–Crippen LogP) is 3.10. The summed E-state index contributed by atoms with van der Waals surface area (Å²) in [7, 11) is 3.65. The van der Waals surface area contributed by atoms with Crippen LogP contribution in [0.4, 0.5) is 4.39 Å². The third-order valence-electron chi connectivity index (χ3n) is 4.55. The van der Waals surface area contributed by atoms with Crippen LogP contribution in [0.25, 0.3) is 0 Å². The molecule has 7 heteroatoms. The summed E-state index contributed by atoms with van der Waals surface area (Å²) in [5.41, 5.74) is 8.84. The van der Waals surface area contributed by atoms with Gasteiger partial charge in [-0.25, -0.2) is 4.39 Å². The lowest BCUT2D eigenvalue weighted by Gasteiger charge is -2.24. The SMILES string of the molecule is CN=C(NCC(Cc1ccc(F)cc1)C(N)=O)N(C)Cc1ccccc1C.I. The van der Waals surface area contributed by atoms with Crippen LogP contribution in [0.3, 0.4) is 0 Å². The fourth-order valence-corrected chi connectivity index (χ4v) is 2.90. The van der Waals surface area contributed by atoms with Gasteiger partial charge in [0.25, 0.3) is 0 Å². The minimum atomic E-state index is -0.418. The fourth-order valence-electron chi connectivity index (χ4n) is 2.90. The molecule has 0 radical (unpaired) electrons. The van der Waals surface area contributed by atoms with Crippen molar-refractivity contribution in [2.45, 2.75) is 19.9 Å². The molecule has 3 N–H and O–H groups in total. The molecule has 1 amide bonds. The van der Waals surface area contributed by atoms with E-state index in [1.807, 2.05) is 24.1 Å². The first kappa shape index (κ1) is 23.9. The van der Waals surface area contributed by atoms with Gasteiger partial charge in [0.05, 0.1) is 5.92 Å². The first-order chi connectivity index (χ1) is 12.9. The molecule has 0 fully saturated rings. The first-order valence-corrected chi connectivity index (χ1v) is 8.90. The molecule has 5 nitrogen and oxygen atoms in total. The number of nitrogens with two attached hydrogens (primary N) is 1. The van der Waals surface area contributed by atoms with Crippen molar-refractivity contribution in [3.05, 3.63) is 71.0 Å². The van der Waals surface area contributed by atoms with E-state index >= 15 is 0 Å². The number of aryl methyl sites for hydroxylation is 1. The number of aliphatic imine (C=N–C) groups is 1. The van der Waals surface area contributed by atoms with Crippen molar-refractivity contribution < 1.29 is 9.18 Å². The van der Waals surface area contributed by atoms with E-state index in [0.29, 0.717) is 25.5 Å². The standard InChI is InChI=1S/C21H27FN4O.HI/c1-15-6-4-5-7-17(15)14-26(3)21(24-2)25-13-18(20(23)27)12-16-8-10-19(22)11-9-16;/h4-11,18H,12-14H2,1-3H3,(H2,23,27)(H,24,25);1H. The number of primary amides is 1. The highest BCUT2D eigenvalue weighted by molar-refractivity contribution is 14.0. The summed E-state index contributed by atoms with van der Waals surface area (Å²) in [6.45, 7) is 3.13. The average Bonchev–Trinajstić information content (AvgIpc) is 2.64. The van der Waals surface area contributed by atoms with Crippen molar-refractivity contribution >= 4 is 35.8 Å². The molecule has 1 unspecified atom stereocenters. The van der Waals surface area contributed by atoms with Gasteiger partial charge in [0.15, 0.2) is 5.96 Å². The van der Waals surface area contributed by atoms with Crippen molar-refractivity contribution in [3.8, 4) is 0 Å². The quantitative estimate of drug-likeness (QED) is 0.350. The van der Waals surface area contributed by atoms with Crippen molar-refractivity contribution in [2.24, 2.45) is 16.6 Å². The Balaban J connectivity index is 0.00000392. The van der Waals surface area contributed by atoms with Crippen molar-refractivity contribution in [1.82, 2.24) is 10.2 Å². The van der Waals surface area contributed by atoms with Crippen LogP contribution in [-0.4, -0.2) is 37.4 Å². The third kappa shape index (κ3) is 7.10. The second-order valence-corrected chi connectivity index (χ2v) is 6.64. The van der Waals surface area contributed by atoms with Crippen LogP contribution in [-0.2, 0) is 17.8 Å². The number of nitrogens with zero attached hydrogens (tertiary/aromatic N) is 2. The molecular weight excluding hydrogens is 470 g/mol. The Hall–Kier alpha value is -2.16. The number of carbonyl (C=O) groups is 1. The lowest BCUT2D eigenvalue weighted by atomic mass is 9.98. The molecule has 152 valence electrons. The maximum Gasteiger partial charge on any atom is 0.222 e. The van der Waals surface area contributed by atoms with Gasteiger partial charge in [-0.15, -0.1) is 24.0 Å². The van der Waals surface area contributed by atoms with E-state index in [1.54, 1.807) is 19.2 Å². The summed E-state index contributed by atoms with van der Waals surface area (Å²) >= 11 is 0. The van der Waals surface area contributed by atoms with Crippen LogP contribution in [0.2, 0.25) is 0 Å². The molecule has 0 saturated heterocycles. The number of rotatable bonds is 7. The number of benzene rings is 2. The molecule has 2 rings (SSSR count). The normalized spacial score (nSPS) is 12.1. The molecular formula is C21H28FIN4O. The van der Waals surface area contributed by atoms with Crippen LogP contribution in [0, 0.1) is 18.7 Å². The molecule has 28 heavy (non-hydrogen) atoms. The van der Waals surface area contributed by atoms with Gasteiger partial charge >= 0.3 is 0 Å². The molecule has 0 bridgehead atoms. The second kappa shape index (κ2) is 11.6. The monoisotopic (exact) mass is 498 g/mol. The molecule has 2 aromatic carbocycles. The Morgan fingerprint density at radius 1 is 1.21 bits per heavy atom. The van der Waals surface area contributed by atoms with Gasteiger partial charge in [-0.2, -0.15) is 0 Å². The van der Waals surface area contributed by atoms with E-state index in [-0.39, 0.29) is 29.8 Å². The van der Waals surface area contributed by atoms with Crippen LogP contribution >= 0.6 is 24.0 Å². The van der Waals surface area contributed by atoms with Crippen LogP contribution in [0.15, 0.2) is 53.5 Å². The second-order valence-electron chi connectivity index (χ2n) is 6.64. The highest BCUT2D eigenvalue weighted by atomic mass is 127. The zero-order chi connectivity index (χ0) is 19.8. The summed E-state index contributed by atoms with van der Waals surface area (Å²) in [4.78, 5) is 18.1. The highest BCUT2D eigenvalue weighted by Gasteiger charge is 2.18. The van der Waals surface area contributed by atoms with E-state index in [0.717, 1.165) is 5.56 Å². The Kier molecular flexibility index (Phi) is 9.92. The van der Waals surface area contributed by atoms with Gasteiger partial charge < -0.3 is 16.0 Å². The number of carbonyl (C=O) groups excluding carboxylic acids is 1. The van der Waals surface area contributed by atoms with E-state index in [9.17, 15) is 9.18 Å². The van der Waals surface area contributed by atoms with E-state index in [2.05, 4.69) is 29.4 Å². The lowest BCUT2D eigenvalue weighted by molar-refractivity contribution is -0.121. The largest absolute Gasteiger partial charge is 0.369 e. The van der Waals surface area contributed by atoms with Gasteiger partial charge in [-0.3, -0.25) is 9.79 Å². The topological polar surface area (TPSA) is 70.7 Å². The predicted molar refractivity (Wildman–Crippen MR) is 122 cm³/mol. The van der Waals surface area contributed by atoms with E-state index < -0.39 is 11.8 Å². The van der Waals surface area contributed by atoms with Gasteiger partial charge in [-0.1, -0.05) is 36.4 Å². The highest BCUT2D eigenvalue weighted by Crippen LogP contribution is 2.11. The first-order valence-electron chi connectivity index (χ1n) is 8.90. The number of nitrogens with one attached hydrogen (secondary N) is 1. The molecule has 0 saturated carbocycles. The minimum absolute atomic E-state index is 0. The molecule has 0 aliphatic carbocycles.